The summed E-state index contributed by atoms with van der Waals surface area (Å²) >= 11 is 0. The molecule has 0 spiro atoms. The van der Waals surface area contributed by atoms with Crippen LogP contribution in [0.1, 0.15) is 59.8 Å². The molecular weight excluding hydrogens is 588 g/mol. The van der Waals surface area contributed by atoms with Gasteiger partial charge in [0.25, 0.3) is 0 Å². The van der Waals surface area contributed by atoms with E-state index in [4.69, 9.17) is 9.47 Å². The summed E-state index contributed by atoms with van der Waals surface area (Å²) in [6, 6.07) is 17.9. The van der Waals surface area contributed by atoms with Gasteiger partial charge in [-0.05, 0) is 94.6 Å². The number of ether oxygens (including phenoxy) is 2. The third-order valence-electron chi connectivity index (χ3n) is 9.08. The molecule has 10 heteroatoms. The maximum absolute atomic E-state index is 13.9. The minimum absolute atomic E-state index is 0.0540. The third-order valence-corrected chi connectivity index (χ3v) is 11.3. The van der Waals surface area contributed by atoms with E-state index in [2.05, 4.69) is 60.0 Å². The standard InChI is InChI=1S/C35H48N4O5S/c1-26-21-31(43-5)22-27(2)35(26)45(41,42)39-18-10-9-13-30(39)24-44-25-34(40)38-20-19-37-29(23-36(3)4)15-17-32(37)33(38)16-14-28-11-7-6-8-12-28/h6-8,11-12,15,17,21-22,30,33H,9-10,13-14,16,18-20,23-25H2,1-5H3. The van der Waals surface area contributed by atoms with Crippen molar-refractivity contribution >= 4 is 15.9 Å². The van der Waals surface area contributed by atoms with Gasteiger partial charge in [-0.2, -0.15) is 4.31 Å². The first-order valence-electron chi connectivity index (χ1n) is 16.0. The first-order valence-corrected chi connectivity index (χ1v) is 17.5. The number of aryl methyl sites for hydroxylation is 3. The number of nitrogens with zero attached hydrogens (tertiary/aromatic N) is 4. The maximum atomic E-state index is 13.9. The summed E-state index contributed by atoms with van der Waals surface area (Å²) in [5.74, 6) is 0.587. The second-order valence-corrected chi connectivity index (χ2v) is 14.5. The average Bonchev–Trinajstić information content (AvgIpc) is 3.42. The van der Waals surface area contributed by atoms with E-state index in [1.807, 2.05) is 24.8 Å². The van der Waals surface area contributed by atoms with Crippen molar-refractivity contribution in [3.8, 4) is 5.75 Å². The highest BCUT2D eigenvalue weighted by Crippen LogP contribution is 2.34. The Morgan fingerprint density at radius 1 is 0.978 bits per heavy atom. The number of piperidine rings is 1. The molecule has 1 saturated heterocycles. The Bertz CT molecular complexity index is 1550. The predicted molar refractivity (Wildman–Crippen MR) is 176 cm³/mol. The van der Waals surface area contributed by atoms with Crippen molar-refractivity contribution in [1.29, 1.82) is 0 Å². The third kappa shape index (κ3) is 7.46. The lowest BCUT2D eigenvalue weighted by Crippen LogP contribution is -2.47. The second-order valence-electron chi connectivity index (χ2n) is 12.6. The van der Waals surface area contributed by atoms with Gasteiger partial charge in [-0.15, -0.1) is 0 Å². The van der Waals surface area contributed by atoms with Crippen LogP contribution in [0.5, 0.6) is 5.75 Å². The van der Waals surface area contributed by atoms with Gasteiger partial charge in [-0.25, -0.2) is 8.42 Å². The molecule has 0 N–H and O–H groups in total. The number of aromatic nitrogens is 1. The first kappa shape index (κ1) is 33.2. The normalized spacial score (nSPS) is 19.1. The summed E-state index contributed by atoms with van der Waals surface area (Å²) in [6.07, 6.45) is 4.11. The van der Waals surface area contributed by atoms with Gasteiger partial charge in [0.05, 0.1) is 24.7 Å². The van der Waals surface area contributed by atoms with Crippen molar-refractivity contribution in [2.45, 2.75) is 76.0 Å². The molecule has 2 unspecified atom stereocenters. The number of carbonyl (C=O) groups excluding carboxylic acids is 1. The highest BCUT2D eigenvalue weighted by molar-refractivity contribution is 7.89. The zero-order valence-electron chi connectivity index (χ0n) is 27.4. The number of rotatable bonds is 12. The van der Waals surface area contributed by atoms with Gasteiger partial charge >= 0.3 is 0 Å². The molecule has 3 aromatic rings. The monoisotopic (exact) mass is 636 g/mol. The van der Waals surface area contributed by atoms with E-state index in [1.54, 1.807) is 23.5 Å². The quantitative estimate of drug-likeness (QED) is 0.280. The minimum Gasteiger partial charge on any atom is -0.497 e. The predicted octanol–water partition coefficient (Wildman–Crippen LogP) is 4.95. The van der Waals surface area contributed by atoms with Crippen molar-refractivity contribution in [3.05, 3.63) is 82.7 Å². The van der Waals surface area contributed by atoms with Gasteiger partial charge in [0.2, 0.25) is 15.9 Å². The molecule has 2 aromatic carbocycles. The zero-order valence-corrected chi connectivity index (χ0v) is 28.2. The molecular formula is C35H48N4O5S. The first-order chi connectivity index (χ1) is 21.6. The Labute approximate surface area is 268 Å². The summed E-state index contributed by atoms with van der Waals surface area (Å²) < 4.78 is 43.3. The number of carbonyl (C=O) groups is 1. The van der Waals surface area contributed by atoms with E-state index >= 15 is 0 Å². The molecule has 0 aliphatic carbocycles. The van der Waals surface area contributed by atoms with E-state index in [1.165, 1.54) is 11.3 Å². The van der Waals surface area contributed by atoms with Gasteiger partial charge in [-0.1, -0.05) is 36.8 Å². The van der Waals surface area contributed by atoms with E-state index in [0.29, 0.717) is 41.3 Å². The molecule has 2 aliphatic rings. The number of benzene rings is 2. The van der Waals surface area contributed by atoms with E-state index < -0.39 is 10.0 Å². The number of methoxy groups -OCH3 is 1. The molecule has 5 rings (SSSR count). The van der Waals surface area contributed by atoms with Crippen molar-refractivity contribution in [2.75, 3.05) is 47.5 Å². The maximum Gasteiger partial charge on any atom is 0.249 e. The fraction of sp³-hybridized carbons (Fsp3) is 0.514. The fourth-order valence-corrected chi connectivity index (χ4v) is 9.10. The zero-order chi connectivity index (χ0) is 32.1. The number of fused-ring (bicyclic) bond motifs is 1. The van der Waals surface area contributed by atoms with Crippen molar-refractivity contribution in [2.24, 2.45) is 0 Å². The molecule has 244 valence electrons. The Morgan fingerprint density at radius 2 is 1.71 bits per heavy atom. The van der Waals surface area contributed by atoms with Crippen LogP contribution in [-0.2, 0) is 39.1 Å². The van der Waals surface area contributed by atoms with E-state index in [9.17, 15) is 13.2 Å². The number of sulfonamides is 1. The van der Waals surface area contributed by atoms with Crippen LogP contribution in [0.25, 0.3) is 0 Å². The smallest absolute Gasteiger partial charge is 0.249 e. The molecule has 3 heterocycles. The summed E-state index contributed by atoms with van der Waals surface area (Å²) in [5, 5.41) is 0. The Balaban J connectivity index is 1.28. The van der Waals surface area contributed by atoms with Gasteiger partial charge in [0, 0.05) is 43.6 Å². The van der Waals surface area contributed by atoms with Crippen LogP contribution >= 0.6 is 0 Å². The van der Waals surface area contributed by atoms with Gasteiger partial charge in [0.1, 0.15) is 12.4 Å². The highest BCUT2D eigenvalue weighted by Gasteiger charge is 2.36. The van der Waals surface area contributed by atoms with E-state index in [0.717, 1.165) is 44.5 Å². The summed E-state index contributed by atoms with van der Waals surface area (Å²) in [4.78, 5) is 18.2. The van der Waals surface area contributed by atoms with Crippen LogP contribution in [0.2, 0.25) is 0 Å². The molecule has 2 atom stereocenters. The number of hydrogen-bond donors (Lipinski definition) is 0. The van der Waals surface area contributed by atoms with Crippen LogP contribution in [-0.4, -0.2) is 86.5 Å². The number of hydrogen-bond acceptors (Lipinski definition) is 6. The van der Waals surface area contributed by atoms with Crippen LogP contribution in [0.3, 0.4) is 0 Å². The van der Waals surface area contributed by atoms with Crippen molar-refractivity contribution < 1.29 is 22.7 Å². The molecule has 0 saturated carbocycles. The summed E-state index contributed by atoms with van der Waals surface area (Å²) in [6.45, 7) is 6.38. The lowest BCUT2D eigenvalue weighted by molar-refractivity contribution is -0.140. The largest absolute Gasteiger partial charge is 0.497 e. The van der Waals surface area contributed by atoms with Crippen molar-refractivity contribution in [3.63, 3.8) is 0 Å². The Morgan fingerprint density at radius 3 is 2.40 bits per heavy atom. The molecule has 0 bridgehead atoms. The molecule has 1 fully saturated rings. The van der Waals surface area contributed by atoms with Crippen LogP contribution < -0.4 is 4.74 Å². The molecule has 0 radical (unpaired) electrons. The molecule has 1 aromatic heterocycles. The van der Waals surface area contributed by atoms with Crippen LogP contribution in [0, 0.1) is 13.8 Å². The lowest BCUT2D eigenvalue weighted by Gasteiger charge is -2.38. The molecule has 45 heavy (non-hydrogen) atoms. The van der Waals surface area contributed by atoms with Gasteiger partial charge < -0.3 is 23.8 Å². The summed E-state index contributed by atoms with van der Waals surface area (Å²) in [5.41, 5.74) is 5.00. The molecule has 2 aliphatic heterocycles. The average molecular weight is 637 g/mol. The lowest BCUT2D eigenvalue weighted by atomic mass is 10.00. The van der Waals surface area contributed by atoms with Crippen molar-refractivity contribution in [1.82, 2.24) is 18.7 Å². The van der Waals surface area contributed by atoms with Gasteiger partial charge in [-0.3, -0.25) is 4.79 Å². The number of amides is 1. The second kappa shape index (κ2) is 14.5. The highest BCUT2D eigenvalue weighted by atomic mass is 32.2. The summed E-state index contributed by atoms with van der Waals surface area (Å²) in [7, 11) is 1.97. The Hall–Kier alpha value is -3.18. The van der Waals surface area contributed by atoms with Crippen LogP contribution in [0.15, 0.2) is 59.5 Å². The fourth-order valence-electron chi connectivity index (χ4n) is 7.00. The Kier molecular flexibility index (Phi) is 10.7. The molecule has 1 amide bonds. The van der Waals surface area contributed by atoms with Crippen LogP contribution in [0.4, 0.5) is 0 Å². The minimum atomic E-state index is -3.75. The topological polar surface area (TPSA) is 84.3 Å². The van der Waals surface area contributed by atoms with E-state index in [-0.39, 0.29) is 31.2 Å². The SMILES string of the molecule is COc1cc(C)c(S(=O)(=O)N2CCCCC2COCC(=O)N2CCn3c(CN(C)C)ccc3C2CCc2ccccc2)c(C)c1. The molecule has 9 nitrogen and oxygen atoms in total. The van der Waals surface area contributed by atoms with Gasteiger partial charge in [0.15, 0.2) is 0 Å².